The lowest BCUT2D eigenvalue weighted by molar-refractivity contribution is 0.0584. The van der Waals surface area contributed by atoms with Crippen molar-refractivity contribution in [3.8, 4) is 5.88 Å². The number of esters is 2. The summed E-state index contributed by atoms with van der Waals surface area (Å²) >= 11 is 0. The van der Waals surface area contributed by atoms with E-state index in [9.17, 15) is 19.5 Å². The highest BCUT2D eigenvalue weighted by molar-refractivity contribution is 5.93. The maximum atomic E-state index is 11.4. The number of carbonyl (C=O) groups excluding carboxylic acids is 2. The molecule has 4 rings (SSSR count). The van der Waals surface area contributed by atoms with Gasteiger partial charge < -0.3 is 25.4 Å². The first-order valence-electron chi connectivity index (χ1n) is 9.00. The second kappa shape index (κ2) is 8.75. The summed E-state index contributed by atoms with van der Waals surface area (Å²) in [6.45, 7) is 0. The maximum absolute atomic E-state index is 11.4. The van der Waals surface area contributed by atoms with Crippen molar-refractivity contribution in [1.29, 1.82) is 0 Å². The SMILES string of the molecule is COC(=O)c1cc(C(=O)O)nc2c(O)nnn12.COC(=O)c1ccc2c(c1)CC[C@@H]2N. The third kappa shape index (κ3) is 4.28. The molecule has 31 heavy (non-hydrogen) atoms. The lowest BCUT2D eigenvalue weighted by Gasteiger charge is -2.05. The highest BCUT2D eigenvalue weighted by atomic mass is 16.5. The molecular formula is C19H19N5O7. The summed E-state index contributed by atoms with van der Waals surface area (Å²) in [6, 6.07) is 6.70. The van der Waals surface area contributed by atoms with Crippen molar-refractivity contribution in [3.63, 3.8) is 0 Å². The summed E-state index contributed by atoms with van der Waals surface area (Å²) < 4.78 is 10.0. The zero-order valence-corrected chi connectivity index (χ0v) is 16.6. The molecule has 0 radical (unpaired) electrons. The van der Waals surface area contributed by atoms with Gasteiger partial charge in [-0.05, 0) is 36.1 Å². The number of hydrogen-bond donors (Lipinski definition) is 3. The summed E-state index contributed by atoms with van der Waals surface area (Å²) in [7, 11) is 2.52. The molecule has 2 aromatic heterocycles. The Morgan fingerprint density at radius 2 is 1.87 bits per heavy atom. The summed E-state index contributed by atoms with van der Waals surface area (Å²) in [5.74, 6) is -3.02. The molecule has 0 fully saturated rings. The fourth-order valence-corrected chi connectivity index (χ4v) is 3.12. The van der Waals surface area contributed by atoms with Gasteiger partial charge in [0.25, 0.3) is 5.88 Å². The molecule has 1 atom stereocenters. The molecule has 12 nitrogen and oxygen atoms in total. The van der Waals surface area contributed by atoms with E-state index in [0.717, 1.165) is 36.1 Å². The molecule has 0 aliphatic heterocycles. The Labute approximate surface area is 175 Å². The average Bonchev–Trinajstić information content (AvgIpc) is 3.34. The standard InChI is InChI=1S/C11H13NO2.C8H6N4O5/c1-14-11(13)8-2-4-9-7(6-8)3-5-10(9)12;1-17-8(16)4-2-3(7(14)15)9-5-6(13)10-11-12(4)5/h2,4,6,10H,3,5,12H2,1H3;2,13H,1H3,(H,14,15)/t10-;/m0./s1. The van der Waals surface area contributed by atoms with E-state index in [-0.39, 0.29) is 23.4 Å². The van der Waals surface area contributed by atoms with Crippen LogP contribution in [0.15, 0.2) is 24.3 Å². The van der Waals surface area contributed by atoms with E-state index in [0.29, 0.717) is 5.56 Å². The number of carbonyl (C=O) groups is 3. The van der Waals surface area contributed by atoms with Crippen LogP contribution in [0.5, 0.6) is 5.88 Å². The number of aromatic nitrogens is 4. The smallest absolute Gasteiger partial charge is 0.356 e. The van der Waals surface area contributed by atoms with E-state index in [4.69, 9.17) is 10.8 Å². The molecule has 0 saturated carbocycles. The molecule has 2 heterocycles. The number of benzene rings is 1. The Bertz CT molecular complexity index is 1170. The number of hydrogen-bond acceptors (Lipinski definition) is 10. The quantitative estimate of drug-likeness (QED) is 0.500. The normalized spacial score (nSPS) is 14.4. The molecule has 0 spiro atoms. The van der Waals surface area contributed by atoms with Crippen LogP contribution in [0.1, 0.15) is 54.9 Å². The molecule has 0 unspecified atom stereocenters. The summed E-state index contributed by atoms with van der Waals surface area (Å²) in [5, 5.41) is 24.8. The van der Waals surface area contributed by atoms with Crippen LogP contribution in [0.4, 0.5) is 0 Å². The third-order valence-electron chi connectivity index (χ3n) is 4.66. The van der Waals surface area contributed by atoms with E-state index in [1.54, 1.807) is 6.07 Å². The van der Waals surface area contributed by atoms with Crippen LogP contribution in [0.2, 0.25) is 0 Å². The molecule has 12 heteroatoms. The van der Waals surface area contributed by atoms with Crippen molar-refractivity contribution in [1.82, 2.24) is 19.8 Å². The largest absolute Gasteiger partial charge is 0.489 e. The molecule has 1 aromatic carbocycles. The van der Waals surface area contributed by atoms with Crippen molar-refractivity contribution >= 4 is 23.6 Å². The number of methoxy groups -OCH3 is 2. The van der Waals surface area contributed by atoms with Crippen molar-refractivity contribution < 1.29 is 34.1 Å². The number of fused-ring (bicyclic) bond motifs is 2. The maximum Gasteiger partial charge on any atom is 0.356 e. The second-order valence-electron chi connectivity index (χ2n) is 6.52. The lowest BCUT2D eigenvalue weighted by atomic mass is 10.1. The molecule has 4 N–H and O–H groups in total. The van der Waals surface area contributed by atoms with Crippen LogP contribution in [-0.2, 0) is 15.9 Å². The van der Waals surface area contributed by atoms with Gasteiger partial charge in [-0.25, -0.2) is 19.4 Å². The van der Waals surface area contributed by atoms with Crippen LogP contribution in [-0.4, -0.2) is 62.2 Å². The first kappa shape index (κ1) is 21.6. The minimum Gasteiger partial charge on any atom is -0.489 e. The van der Waals surface area contributed by atoms with Gasteiger partial charge in [-0.3, -0.25) is 0 Å². The second-order valence-corrected chi connectivity index (χ2v) is 6.52. The number of rotatable bonds is 3. The topological polar surface area (TPSA) is 179 Å². The number of carboxylic acid groups (broad SMARTS) is 1. The molecule has 1 aliphatic carbocycles. The van der Waals surface area contributed by atoms with Crippen molar-refractivity contribution in [2.24, 2.45) is 5.73 Å². The van der Waals surface area contributed by atoms with Gasteiger partial charge in [-0.1, -0.05) is 16.4 Å². The number of nitrogens with zero attached hydrogens (tertiary/aromatic N) is 4. The number of carboxylic acids is 1. The Morgan fingerprint density at radius 1 is 1.16 bits per heavy atom. The Kier molecular flexibility index (Phi) is 6.11. The van der Waals surface area contributed by atoms with Crippen LogP contribution in [0.25, 0.3) is 5.65 Å². The number of aromatic hydroxyl groups is 1. The van der Waals surface area contributed by atoms with Crippen molar-refractivity contribution in [3.05, 3.63) is 52.3 Å². The van der Waals surface area contributed by atoms with Crippen molar-refractivity contribution in [2.75, 3.05) is 14.2 Å². The predicted octanol–water partition coefficient (Wildman–Crippen LogP) is 0.734. The molecule has 0 bridgehead atoms. The van der Waals surface area contributed by atoms with Gasteiger partial charge in [-0.15, -0.1) is 0 Å². The highest BCUT2D eigenvalue weighted by Gasteiger charge is 2.21. The molecule has 1 aliphatic rings. The summed E-state index contributed by atoms with van der Waals surface area (Å²) in [6.07, 6.45) is 1.93. The first-order chi connectivity index (χ1) is 14.8. The van der Waals surface area contributed by atoms with Gasteiger partial charge in [0, 0.05) is 12.1 Å². The van der Waals surface area contributed by atoms with E-state index in [1.807, 2.05) is 12.1 Å². The third-order valence-corrected chi connectivity index (χ3v) is 4.66. The summed E-state index contributed by atoms with van der Waals surface area (Å²) in [4.78, 5) is 37.0. The van der Waals surface area contributed by atoms with Crippen LogP contribution in [0.3, 0.4) is 0 Å². The number of aryl methyl sites for hydroxylation is 1. The molecule has 162 valence electrons. The van der Waals surface area contributed by atoms with Crippen LogP contribution >= 0.6 is 0 Å². The van der Waals surface area contributed by atoms with Gasteiger partial charge in [0.1, 0.15) is 0 Å². The van der Waals surface area contributed by atoms with Crippen molar-refractivity contribution in [2.45, 2.75) is 18.9 Å². The Hall–Kier alpha value is -4.06. The Balaban J connectivity index is 0.000000179. The van der Waals surface area contributed by atoms with Crippen LogP contribution < -0.4 is 5.73 Å². The number of aromatic carboxylic acids is 1. The Morgan fingerprint density at radius 3 is 2.52 bits per heavy atom. The zero-order chi connectivity index (χ0) is 22.7. The van der Waals surface area contributed by atoms with Gasteiger partial charge in [0.15, 0.2) is 11.4 Å². The lowest BCUT2D eigenvalue weighted by Crippen LogP contribution is -2.13. The molecule has 0 saturated heterocycles. The fraction of sp³-hybridized carbons (Fsp3) is 0.263. The summed E-state index contributed by atoms with van der Waals surface area (Å²) in [5.41, 5.74) is 8.00. The van der Waals surface area contributed by atoms with E-state index >= 15 is 0 Å². The highest BCUT2D eigenvalue weighted by Crippen LogP contribution is 2.29. The average molecular weight is 429 g/mol. The zero-order valence-electron chi connectivity index (χ0n) is 16.6. The van der Waals surface area contributed by atoms with Gasteiger partial charge in [-0.2, -0.15) is 4.52 Å². The monoisotopic (exact) mass is 429 g/mol. The van der Waals surface area contributed by atoms with E-state index < -0.39 is 23.5 Å². The van der Waals surface area contributed by atoms with Gasteiger partial charge >= 0.3 is 17.9 Å². The fourth-order valence-electron chi connectivity index (χ4n) is 3.12. The number of ether oxygens (including phenoxy) is 2. The molecular weight excluding hydrogens is 410 g/mol. The van der Waals surface area contributed by atoms with Gasteiger partial charge in [0.05, 0.1) is 19.8 Å². The predicted molar refractivity (Wildman–Crippen MR) is 104 cm³/mol. The number of nitrogens with two attached hydrogens (primary N) is 1. The van der Waals surface area contributed by atoms with E-state index in [2.05, 4.69) is 24.8 Å². The first-order valence-corrected chi connectivity index (χ1v) is 9.00. The molecule has 0 amide bonds. The minimum atomic E-state index is -1.35. The molecule has 3 aromatic rings. The van der Waals surface area contributed by atoms with E-state index in [1.165, 1.54) is 12.7 Å². The minimum absolute atomic E-state index is 0.136. The van der Waals surface area contributed by atoms with Crippen LogP contribution in [0, 0.1) is 0 Å². The van der Waals surface area contributed by atoms with Gasteiger partial charge in [0.2, 0.25) is 5.65 Å².